The zero-order chi connectivity index (χ0) is 12.5. The number of nitrogens with zero attached hydrogens (tertiary/aromatic N) is 1. The molecule has 1 fully saturated rings. The van der Waals surface area contributed by atoms with Crippen molar-refractivity contribution < 1.29 is 4.79 Å². The Bertz CT molecular complexity index is 261. The molecule has 0 saturated heterocycles. The minimum absolute atomic E-state index is 0.0612. The molecule has 1 saturated carbocycles. The van der Waals surface area contributed by atoms with Gasteiger partial charge in [0.25, 0.3) is 0 Å². The van der Waals surface area contributed by atoms with Gasteiger partial charge in [0.1, 0.15) is 0 Å². The number of carbonyl (C=O) groups excluding carboxylic acids is 1. The summed E-state index contributed by atoms with van der Waals surface area (Å²) in [7, 11) is 0. The molecular weight excluding hydrogens is 216 g/mol. The van der Waals surface area contributed by atoms with E-state index >= 15 is 0 Å². The summed E-state index contributed by atoms with van der Waals surface area (Å²) >= 11 is 0. The van der Waals surface area contributed by atoms with E-state index in [1.165, 1.54) is 19.3 Å². The van der Waals surface area contributed by atoms with E-state index in [9.17, 15) is 4.79 Å². The number of hydrogen-bond acceptors (Lipinski definition) is 2. The minimum Gasteiger partial charge on any atom is -0.370 e. The first-order valence-corrected chi connectivity index (χ1v) is 6.53. The zero-order valence-electron chi connectivity index (χ0n) is 10.7. The van der Waals surface area contributed by atoms with Gasteiger partial charge in [0, 0.05) is 26.1 Å². The normalized spacial score (nSPS) is 16.4. The molecule has 0 unspecified atom stereocenters. The van der Waals surface area contributed by atoms with Gasteiger partial charge in [-0.25, -0.2) is 0 Å². The molecule has 0 aromatic rings. The average Bonchev–Trinajstić information content (AvgIpc) is 2.24. The van der Waals surface area contributed by atoms with Crippen molar-refractivity contribution in [3.8, 4) is 0 Å². The first kappa shape index (κ1) is 13.8. The highest BCUT2D eigenvalue weighted by Crippen LogP contribution is 2.26. The summed E-state index contributed by atoms with van der Waals surface area (Å²) in [6.45, 7) is 4.14. The molecule has 0 bridgehead atoms. The molecule has 0 aromatic heterocycles. The molecule has 0 aliphatic heterocycles. The topological polar surface area (TPSA) is 79.5 Å². The van der Waals surface area contributed by atoms with E-state index in [1.54, 1.807) is 0 Å². The first-order chi connectivity index (χ1) is 8.22. The van der Waals surface area contributed by atoms with Gasteiger partial charge in [-0.3, -0.25) is 9.79 Å². The summed E-state index contributed by atoms with van der Waals surface area (Å²) in [5.74, 6) is 1.24. The Balaban J connectivity index is 2.02. The lowest BCUT2D eigenvalue weighted by Crippen LogP contribution is -2.36. The Morgan fingerprint density at radius 2 is 2.12 bits per heavy atom. The van der Waals surface area contributed by atoms with Crippen LogP contribution in [0.1, 0.15) is 39.0 Å². The van der Waals surface area contributed by atoms with Gasteiger partial charge in [-0.05, 0) is 25.2 Å². The van der Waals surface area contributed by atoms with Crippen LogP contribution in [0.2, 0.25) is 0 Å². The van der Waals surface area contributed by atoms with Crippen molar-refractivity contribution in [2.75, 3.05) is 19.6 Å². The van der Waals surface area contributed by atoms with Crippen LogP contribution in [0, 0.1) is 5.92 Å². The highest BCUT2D eigenvalue weighted by Gasteiger charge is 2.16. The van der Waals surface area contributed by atoms with Gasteiger partial charge in [-0.1, -0.05) is 13.3 Å². The van der Waals surface area contributed by atoms with Crippen LogP contribution < -0.4 is 16.4 Å². The van der Waals surface area contributed by atoms with Gasteiger partial charge >= 0.3 is 0 Å². The molecule has 0 atom stereocenters. The molecule has 17 heavy (non-hydrogen) atoms. The average molecular weight is 240 g/mol. The van der Waals surface area contributed by atoms with Gasteiger partial charge in [0.2, 0.25) is 5.91 Å². The van der Waals surface area contributed by atoms with Crippen LogP contribution in [0.5, 0.6) is 0 Å². The molecule has 0 heterocycles. The Labute approximate surface area is 103 Å². The summed E-state index contributed by atoms with van der Waals surface area (Å²) in [4.78, 5) is 15.5. The van der Waals surface area contributed by atoms with E-state index < -0.39 is 0 Å². The van der Waals surface area contributed by atoms with E-state index in [0.717, 1.165) is 25.4 Å². The number of nitrogens with two attached hydrogens (primary N) is 1. The fraction of sp³-hybridized carbons (Fsp3) is 0.833. The van der Waals surface area contributed by atoms with Crippen molar-refractivity contribution in [1.82, 2.24) is 10.6 Å². The van der Waals surface area contributed by atoms with Crippen molar-refractivity contribution in [3.63, 3.8) is 0 Å². The van der Waals surface area contributed by atoms with Crippen LogP contribution in [-0.2, 0) is 4.79 Å². The molecule has 0 aromatic carbocycles. The molecule has 0 spiro atoms. The van der Waals surface area contributed by atoms with E-state index in [0.29, 0.717) is 18.9 Å². The summed E-state index contributed by atoms with van der Waals surface area (Å²) < 4.78 is 0. The Hall–Kier alpha value is -1.26. The molecular formula is C12H24N4O. The standard InChI is InChI=1S/C12H24N4O/c1-2-7-14-11(17)6-8-15-12(13)16-9-10-4-3-5-10/h10H,2-9H2,1H3,(H,14,17)(H3,13,15,16). The van der Waals surface area contributed by atoms with Crippen LogP contribution in [0.15, 0.2) is 4.99 Å². The van der Waals surface area contributed by atoms with Gasteiger partial charge in [0.05, 0.1) is 0 Å². The summed E-state index contributed by atoms with van der Waals surface area (Å²) in [5.41, 5.74) is 5.69. The molecule has 1 rings (SSSR count). The van der Waals surface area contributed by atoms with Crippen LogP contribution in [0.4, 0.5) is 0 Å². The van der Waals surface area contributed by atoms with Crippen molar-refractivity contribution in [2.24, 2.45) is 16.6 Å². The maximum atomic E-state index is 11.3. The minimum atomic E-state index is 0.0612. The smallest absolute Gasteiger partial charge is 0.221 e. The Morgan fingerprint density at radius 1 is 1.35 bits per heavy atom. The fourth-order valence-corrected chi connectivity index (χ4v) is 1.62. The molecule has 0 radical (unpaired) electrons. The maximum absolute atomic E-state index is 11.3. The van der Waals surface area contributed by atoms with Gasteiger partial charge in [-0.2, -0.15) is 0 Å². The summed E-state index contributed by atoms with van der Waals surface area (Å²) in [6.07, 6.45) is 5.28. The fourth-order valence-electron chi connectivity index (χ4n) is 1.62. The summed E-state index contributed by atoms with van der Waals surface area (Å²) in [5, 5.41) is 5.78. The van der Waals surface area contributed by atoms with E-state index in [4.69, 9.17) is 5.73 Å². The molecule has 1 aliphatic rings. The number of carbonyl (C=O) groups is 1. The number of aliphatic imine (C=N–C) groups is 1. The molecule has 1 aliphatic carbocycles. The lowest BCUT2D eigenvalue weighted by atomic mass is 9.86. The third-order valence-electron chi connectivity index (χ3n) is 2.97. The molecule has 98 valence electrons. The number of hydrogen-bond donors (Lipinski definition) is 3. The van der Waals surface area contributed by atoms with Crippen LogP contribution in [0.25, 0.3) is 0 Å². The lowest BCUT2D eigenvalue weighted by Gasteiger charge is -2.23. The third-order valence-corrected chi connectivity index (χ3v) is 2.97. The second kappa shape index (κ2) is 7.92. The van der Waals surface area contributed by atoms with E-state index in [-0.39, 0.29) is 5.91 Å². The highest BCUT2D eigenvalue weighted by molar-refractivity contribution is 5.79. The number of amides is 1. The van der Waals surface area contributed by atoms with Crippen LogP contribution >= 0.6 is 0 Å². The molecule has 5 nitrogen and oxygen atoms in total. The molecule has 1 amide bonds. The van der Waals surface area contributed by atoms with Crippen molar-refractivity contribution in [3.05, 3.63) is 0 Å². The summed E-state index contributed by atoms with van der Waals surface area (Å²) in [6, 6.07) is 0. The van der Waals surface area contributed by atoms with Crippen LogP contribution in [-0.4, -0.2) is 31.5 Å². The van der Waals surface area contributed by atoms with Crippen molar-refractivity contribution in [1.29, 1.82) is 0 Å². The maximum Gasteiger partial charge on any atom is 0.221 e. The zero-order valence-corrected chi connectivity index (χ0v) is 10.7. The second-order valence-electron chi connectivity index (χ2n) is 4.55. The van der Waals surface area contributed by atoms with Gasteiger partial charge in [0.15, 0.2) is 5.96 Å². The van der Waals surface area contributed by atoms with Crippen LogP contribution in [0.3, 0.4) is 0 Å². The SMILES string of the molecule is CCCNC(=O)CCNC(N)=NCC1CCC1. The van der Waals surface area contributed by atoms with E-state index in [2.05, 4.69) is 15.6 Å². The van der Waals surface area contributed by atoms with E-state index in [1.807, 2.05) is 6.92 Å². The number of nitrogens with one attached hydrogen (secondary N) is 2. The number of rotatable bonds is 7. The second-order valence-corrected chi connectivity index (χ2v) is 4.55. The predicted molar refractivity (Wildman–Crippen MR) is 69.8 cm³/mol. The number of guanidine groups is 1. The Kier molecular flexibility index (Phi) is 6.43. The first-order valence-electron chi connectivity index (χ1n) is 6.53. The third kappa shape index (κ3) is 6.14. The van der Waals surface area contributed by atoms with Crippen molar-refractivity contribution >= 4 is 11.9 Å². The lowest BCUT2D eigenvalue weighted by molar-refractivity contribution is -0.120. The van der Waals surface area contributed by atoms with Crippen molar-refractivity contribution in [2.45, 2.75) is 39.0 Å². The Morgan fingerprint density at radius 3 is 2.71 bits per heavy atom. The highest BCUT2D eigenvalue weighted by atomic mass is 16.1. The molecule has 4 N–H and O–H groups in total. The monoisotopic (exact) mass is 240 g/mol. The largest absolute Gasteiger partial charge is 0.370 e. The predicted octanol–water partition coefficient (Wildman–Crippen LogP) is 0.607. The quantitative estimate of drug-likeness (QED) is 0.450. The van der Waals surface area contributed by atoms with Gasteiger partial charge in [-0.15, -0.1) is 0 Å². The van der Waals surface area contributed by atoms with Gasteiger partial charge < -0.3 is 16.4 Å². The molecule has 5 heteroatoms.